The molecule has 6 heteroatoms. The molecular weight excluding hydrogens is 384 g/mol. The topological polar surface area (TPSA) is 48.1 Å². The third kappa shape index (κ3) is 3.95. The van der Waals surface area contributed by atoms with E-state index < -0.39 is 0 Å². The maximum Gasteiger partial charge on any atom is 0.166 e. The number of thiocarbonyl (C=S) groups is 2. The molecule has 0 amide bonds. The highest BCUT2D eigenvalue weighted by molar-refractivity contribution is 7.80. The van der Waals surface area contributed by atoms with E-state index in [2.05, 4.69) is 45.6 Å². The molecule has 3 saturated carbocycles. The van der Waals surface area contributed by atoms with E-state index in [-0.39, 0.29) is 0 Å². The van der Waals surface area contributed by atoms with E-state index in [0.717, 1.165) is 28.6 Å². The summed E-state index contributed by atoms with van der Waals surface area (Å²) in [6, 6.07) is 1.51. The van der Waals surface area contributed by atoms with Crippen molar-refractivity contribution >= 4 is 34.7 Å². The Hall–Kier alpha value is -1.14. The molecule has 4 bridgehead atoms. The fourth-order valence-electron chi connectivity index (χ4n) is 6.19. The Morgan fingerprint density at radius 1 is 0.714 bits per heavy atom. The van der Waals surface area contributed by atoms with Crippen molar-refractivity contribution in [3.63, 3.8) is 0 Å². The molecule has 0 aliphatic heterocycles. The molecule has 4 N–H and O–H groups in total. The van der Waals surface area contributed by atoms with E-state index in [9.17, 15) is 0 Å². The number of allylic oxidation sites excluding steroid dienone is 2. The van der Waals surface area contributed by atoms with Crippen LogP contribution in [0.15, 0.2) is 24.3 Å². The van der Waals surface area contributed by atoms with Crippen LogP contribution in [-0.2, 0) is 0 Å². The SMILES string of the molecule is S=C(NC[C@@H]1CCC[C@H]1NC(=S)N[C@@H]1C[C@H]2C=C[C@H]1C2)N[C@@H]1C[C@H]2C=C[C@H]1C2. The highest BCUT2D eigenvalue weighted by Crippen LogP contribution is 2.39. The largest absolute Gasteiger partial charge is 0.362 e. The first-order valence-electron chi connectivity index (χ1n) is 11.1. The second kappa shape index (κ2) is 7.94. The minimum atomic E-state index is 0.454. The van der Waals surface area contributed by atoms with Crippen LogP contribution in [0.1, 0.15) is 44.9 Å². The Morgan fingerprint density at radius 3 is 1.89 bits per heavy atom. The summed E-state index contributed by atoms with van der Waals surface area (Å²) in [5.41, 5.74) is 0. The molecule has 0 saturated heterocycles. The van der Waals surface area contributed by atoms with Gasteiger partial charge in [-0.2, -0.15) is 0 Å². The predicted molar refractivity (Wildman–Crippen MR) is 122 cm³/mol. The van der Waals surface area contributed by atoms with Gasteiger partial charge in [-0.25, -0.2) is 0 Å². The van der Waals surface area contributed by atoms with Crippen molar-refractivity contribution in [1.29, 1.82) is 0 Å². The normalized spacial score (nSPS) is 42.1. The van der Waals surface area contributed by atoms with Crippen molar-refractivity contribution in [2.75, 3.05) is 6.54 Å². The Labute approximate surface area is 179 Å². The van der Waals surface area contributed by atoms with Gasteiger partial charge in [-0.3, -0.25) is 0 Å². The number of hydrogen-bond donors (Lipinski definition) is 4. The molecule has 0 aromatic carbocycles. The molecule has 3 fully saturated rings. The Balaban J connectivity index is 1.05. The first-order chi connectivity index (χ1) is 13.6. The van der Waals surface area contributed by atoms with Crippen molar-refractivity contribution in [3.8, 4) is 0 Å². The summed E-state index contributed by atoms with van der Waals surface area (Å²) in [6.07, 6.45) is 18.3. The Morgan fingerprint density at radius 2 is 1.32 bits per heavy atom. The molecule has 4 nitrogen and oxygen atoms in total. The van der Waals surface area contributed by atoms with E-state index in [1.165, 1.54) is 44.9 Å². The van der Waals surface area contributed by atoms with Gasteiger partial charge in [0.2, 0.25) is 0 Å². The summed E-state index contributed by atoms with van der Waals surface area (Å²) < 4.78 is 0. The van der Waals surface area contributed by atoms with E-state index in [4.69, 9.17) is 24.4 Å². The van der Waals surface area contributed by atoms with E-state index in [1.54, 1.807) is 0 Å². The lowest BCUT2D eigenvalue weighted by molar-refractivity contribution is 0.431. The van der Waals surface area contributed by atoms with E-state index >= 15 is 0 Å². The van der Waals surface area contributed by atoms with Crippen LogP contribution in [0.2, 0.25) is 0 Å². The van der Waals surface area contributed by atoms with E-state index in [0.29, 0.717) is 35.9 Å². The fourth-order valence-corrected chi connectivity index (χ4v) is 6.72. The van der Waals surface area contributed by atoms with E-state index in [1.807, 2.05) is 0 Å². The van der Waals surface area contributed by atoms with Crippen LogP contribution in [0.4, 0.5) is 0 Å². The minimum Gasteiger partial charge on any atom is -0.362 e. The van der Waals surface area contributed by atoms with Crippen LogP contribution >= 0.6 is 24.4 Å². The summed E-state index contributed by atoms with van der Waals surface area (Å²) >= 11 is 11.2. The van der Waals surface area contributed by atoms with Crippen LogP contribution in [0.25, 0.3) is 0 Å². The monoisotopic (exact) mass is 416 g/mol. The van der Waals surface area contributed by atoms with Gasteiger partial charge in [0.25, 0.3) is 0 Å². The van der Waals surface area contributed by atoms with Gasteiger partial charge in [0.1, 0.15) is 0 Å². The molecular formula is C22H32N4S2. The lowest BCUT2D eigenvalue weighted by Crippen LogP contribution is -2.50. The Bertz CT molecular complexity index is 690. The Kier molecular flexibility index (Phi) is 5.35. The lowest BCUT2D eigenvalue weighted by atomic mass is 10.0. The van der Waals surface area contributed by atoms with Gasteiger partial charge in [-0.15, -0.1) is 0 Å². The second-order valence-corrected chi connectivity index (χ2v) is 10.4. The molecule has 0 aromatic rings. The summed E-state index contributed by atoms with van der Waals surface area (Å²) in [5.74, 6) is 3.48. The first kappa shape index (κ1) is 18.9. The van der Waals surface area contributed by atoms with Gasteiger partial charge in [0, 0.05) is 24.7 Å². The quantitative estimate of drug-likeness (QED) is 0.408. The van der Waals surface area contributed by atoms with Crippen LogP contribution in [0.5, 0.6) is 0 Å². The number of rotatable bonds is 5. The van der Waals surface area contributed by atoms with Gasteiger partial charge >= 0.3 is 0 Å². The van der Waals surface area contributed by atoms with Gasteiger partial charge < -0.3 is 21.3 Å². The lowest BCUT2D eigenvalue weighted by Gasteiger charge is -2.27. The van der Waals surface area contributed by atoms with Crippen molar-refractivity contribution in [1.82, 2.24) is 21.3 Å². The summed E-state index contributed by atoms with van der Waals surface area (Å²) in [4.78, 5) is 0. The molecule has 0 radical (unpaired) electrons. The molecule has 0 spiro atoms. The standard InChI is InChI=1S/C22H32N4S2/c27-21(25-19-10-13-4-6-15(19)8-13)23-12-17-2-1-3-18(17)24-22(28)26-20-11-14-5-7-16(20)9-14/h4-7,13-20H,1-3,8-12H2,(H2,23,25,27)(H2,24,26,28)/t13-,14-,15-,16-,17-,18+,19+,20+/m0/s1. The van der Waals surface area contributed by atoms with Crippen molar-refractivity contribution in [2.24, 2.45) is 29.6 Å². The molecule has 5 aliphatic rings. The molecule has 0 unspecified atom stereocenters. The zero-order valence-corrected chi connectivity index (χ0v) is 18.0. The zero-order chi connectivity index (χ0) is 19.1. The molecule has 0 heterocycles. The molecule has 5 aliphatic carbocycles. The highest BCUT2D eigenvalue weighted by atomic mass is 32.1. The summed E-state index contributed by atoms with van der Waals surface area (Å²) in [6.45, 7) is 0.930. The number of fused-ring (bicyclic) bond motifs is 4. The highest BCUT2D eigenvalue weighted by Gasteiger charge is 2.37. The van der Waals surface area contributed by atoms with Gasteiger partial charge in [0.05, 0.1) is 0 Å². The second-order valence-electron chi connectivity index (χ2n) is 9.54. The zero-order valence-electron chi connectivity index (χ0n) is 16.4. The van der Waals surface area contributed by atoms with Gasteiger partial charge in [-0.1, -0.05) is 30.7 Å². The van der Waals surface area contributed by atoms with Crippen LogP contribution in [0, 0.1) is 29.6 Å². The average Bonchev–Trinajstić information content (AvgIpc) is 3.47. The fraction of sp³-hybridized carbons (Fsp3) is 0.727. The maximum atomic E-state index is 5.65. The van der Waals surface area contributed by atoms with Crippen molar-refractivity contribution in [3.05, 3.63) is 24.3 Å². The predicted octanol–water partition coefficient (Wildman–Crippen LogP) is 3.01. The number of nitrogens with one attached hydrogen (secondary N) is 4. The average molecular weight is 417 g/mol. The smallest absolute Gasteiger partial charge is 0.166 e. The molecule has 0 aromatic heterocycles. The minimum absolute atomic E-state index is 0.454. The van der Waals surface area contributed by atoms with Crippen molar-refractivity contribution in [2.45, 2.75) is 63.1 Å². The maximum absolute atomic E-state index is 5.65. The van der Waals surface area contributed by atoms with Gasteiger partial charge in [-0.05, 0) is 92.6 Å². The van der Waals surface area contributed by atoms with Crippen LogP contribution < -0.4 is 21.3 Å². The summed E-state index contributed by atoms with van der Waals surface area (Å²) in [5, 5.41) is 15.9. The van der Waals surface area contributed by atoms with Crippen LogP contribution in [-0.4, -0.2) is 34.9 Å². The number of hydrogen-bond acceptors (Lipinski definition) is 2. The third-order valence-electron chi connectivity index (χ3n) is 7.69. The van der Waals surface area contributed by atoms with Gasteiger partial charge in [0.15, 0.2) is 10.2 Å². The first-order valence-corrected chi connectivity index (χ1v) is 11.9. The molecule has 152 valence electrons. The third-order valence-corrected chi connectivity index (χ3v) is 8.19. The molecule has 8 atom stereocenters. The van der Waals surface area contributed by atoms with Crippen molar-refractivity contribution < 1.29 is 0 Å². The van der Waals surface area contributed by atoms with Crippen LogP contribution in [0.3, 0.4) is 0 Å². The molecule has 28 heavy (non-hydrogen) atoms. The molecule has 5 rings (SSSR count). The summed E-state index contributed by atoms with van der Waals surface area (Å²) in [7, 11) is 0.